The van der Waals surface area contributed by atoms with Crippen molar-refractivity contribution in [3.8, 4) is 0 Å². The van der Waals surface area contributed by atoms with Gasteiger partial charge in [0.2, 0.25) is 0 Å². The Kier molecular flexibility index (Phi) is 4.66. The third-order valence-electron chi connectivity index (χ3n) is 3.61. The highest BCUT2D eigenvalue weighted by Gasteiger charge is 2.28. The zero-order chi connectivity index (χ0) is 13.1. The van der Waals surface area contributed by atoms with Crippen LogP contribution in [0.5, 0.6) is 0 Å². The second-order valence-corrected chi connectivity index (χ2v) is 5.78. The zero-order valence-corrected chi connectivity index (χ0v) is 11.7. The lowest BCUT2D eigenvalue weighted by molar-refractivity contribution is -0.123. The Morgan fingerprint density at radius 2 is 2.00 bits per heavy atom. The van der Waals surface area contributed by atoms with Crippen LogP contribution in [-0.4, -0.2) is 11.8 Å². The van der Waals surface area contributed by atoms with E-state index in [0.717, 1.165) is 31.2 Å². The third-order valence-corrected chi connectivity index (χ3v) is 4.20. The Morgan fingerprint density at radius 3 is 2.67 bits per heavy atom. The molecule has 18 heavy (non-hydrogen) atoms. The molecular weight excluding hydrogens is 269 g/mol. The number of rotatable bonds is 3. The van der Waals surface area contributed by atoms with Crippen LogP contribution in [0.4, 0.5) is 0 Å². The first-order chi connectivity index (χ1) is 8.58. The van der Waals surface area contributed by atoms with Crippen molar-refractivity contribution in [2.75, 3.05) is 0 Å². The van der Waals surface area contributed by atoms with Crippen molar-refractivity contribution in [3.63, 3.8) is 0 Å². The summed E-state index contributed by atoms with van der Waals surface area (Å²) in [4.78, 5) is 12.2. The van der Waals surface area contributed by atoms with Gasteiger partial charge in [0.1, 0.15) is 5.78 Å². The first-order valence-corrected chi connectivity index (χ1v) is 7.05. The van der Waals surface area contributed by atoms with Crippen LogP contribution in [0.2, 0.25) is 10.0 Å². The van der Waals surface area contributed by atoms with Crippen molar-refractivity contribution in [3.05, 3.63) is 33.8 Å². The lowest BCUT2D eigenvalue weighted by Gasteiger charge is -2.27. The molecule has 0 amide bonds. The molecule has 98 valence electrons. The number of ketones is 1. The molecule has 2 nitrogen and oxygen atoms in total. The fraction of sp³-hybridized carbons (Fsp3) is 0.500. The molecule has 1 fully saturated rings. The largest absolute Gasteiger partial charge is 0.327 e. The van der Waals surface area contributed by atoms with E-state index in [1.165, 1.54) is 0 Å². The maximum Gasteiger partial charge on any atom is 0.141 e. The van der Waals surface area contributed by atoms with Gasteiger partial charge < -0.3 is 5.73 Å². The highest BCUT2D eigenvalue weighted by atomic mass is 35.5. The molecule has 2 unspecified atom stereocenters. The van der Waals surface area contributed by atoms with Gasteiger partial charge in [-0.05, 0) is 30.5 Å². The van der Waals surface area contributed by atoms with Gasteiger partial charge in [0, 0.05) is 28.4 Å². The summed E-state index contributed by atoms with van der Waals surface area (Å²) < 4.78 is 0. The molecule has 0 bridgehead atoms. The van der Waals surface area contributed by atoms with E-state index in [0.29, 0.717) is 16.5 Å². The highest BCUT2D eigenvalue weighted by Crippen LogP contribution is 2.27. The van der Waals surface area contributed by atoms with Gasteiger partial charge in [0.15, 0.2) is 0 Å². The second-order valence-electron chi connectivity index (χ2n) is 4.93. The molecule has 0 radical (unpaired) electrons. The molecule has 1 aromatic rings. The average molecular weight is 286 g/mol. The maximum absolute atomic E-state index is 12.2. The van der Waals surface area contributed by atoms with E-state index in [1.54, 1.807) is 12.1 Å². The number of hydrogen-bond acceptors (Lipinski definition) is 2. The SMILES string of the molecule is NC1CCCCC1C(=O)Cc1ccc(Cl)cc1Cl. The quantitative estimate of drug-likeness (QED) is 0.922. The number of nitrogens with two attached hydrogens (primary N) is 1. The Labute approximate surface area is 117 Å². The molecular formula is C14H17Cl2NO. The summed E-state index contributed by atoms with van der Waals surface area (Å²) in [6.07, 6.45) is 4.44. The van der Waals surface area contributed by atoms with Gasteiger partial charge in [0.05, 0.1) is 0 Å². The predicted molar refractivity (Wildman–Crippen MR) is 75.1 cm³/mol. The monoisotopic (exact) mass is 285 g/mol. The predicted octanol–water partition coefficient (Wildman–Crippen LogP) is 3.62. The van der Waals surface area contributed by atoms with Crippen molar-refractivity contribution in [2.24, 2.45) is 11.7 Å². The van der Waals surface area contributed by atoms with Gasteiger partial charge in [-0.15, -0.1) is 0 Å². The molecule has 2 atom stereocenters. The Morgan fingerprint density at radius 1 is 1.28 bits per heavy atom. The number of Topliss-reactive ketones (excluding diaryl/α,β-unsaturated/α-hetero) is 1. The standard InChI is InChI=1S/C14H17Cl2NO/c15-10-6-5-9(12(16)8-10)7-14(18)11-3-1-2-4-13(11)17/h5-6,8,11,13H,1-4,7,17H2. The minimum absolute atomic E-state index is 0.00880. The fourth-order valence-corrected chi connectivity index (χ4v) is 3.02. The van der Waals surface area contributed by atoms with Crippen LogP contribution in [0.3, 0.4) is 0 Å². The molecule has 0 aliphatic heterocycles. The van der Waals surface area contributed by atoms with E-state index in [4.69, 9.17) is 28.9 Å². The van der Waals surface area contributed by atoms with Gasteiger partial charge in [0.25, 0.3) is 0 Å². The van der Waals surface area contributed by atoms with Crippen LogP contribution in [0.25, 0.3) is 0 Å². The minimum Gasteiger partial charge on any atom is -0.327 e. The lowest BCUT2D eigenvalue weighted by Crippen LogP contribution is -2.38. The van der Waals surface area contributed by atoms with E-state index in [1.807, 2.05) is 6.07 Å². The van der Waals surface area contributed by atoms with E-state index >= 15 is 0 Å². The highest BCUT2D eigenvalue weighted by molar-refractivity contribution is 6.35. The van der Waals surface area contributed by atoms with Crippen molar-refractivity contribution in [1.82, 2.24) is 0 Å². The summed E-state index contributed by atoms with van der Waals surface area (Å²) in [6.45, 7) is 0. The van der Waals surface area contributed by atoms with Gasteiger partial charge in [-0.1, -0.05) is 42.1 Å². The normalized spacial score (nSPS) is 23.9. The van der Waals surface area contributed by atoms with Crippen LogP contribution in [0.1, 0.15) is 31.2 Å². The molecule has 1 saturated carbocycles. The van der Waals surface area contributed by atoms with E-state index in [9.17, 15) is 4.79 Å². The van der Waals surface area contributed by atoms with E-state index in [-0.39, 0.29) is 17.7 Å². The topological polar surface area (TPSA) is 43.1 Å². The molecule has 0 heterocycles. The summed E-state index contributed by atoms with van der Waals surface area (Å²) in [6, 6.07) is 5.26. The molecule has 1 aliphatic carbocycles. The minimum atomic E-state index is -0.00880. The van der Waals surface area contributed by atoms with Gasteiger partial charge in [-0.2, -0.15) is 0 Å². The maximum atomic E-state index is 12.2. The summed E-state index contributed by atoms with van der Waals surface area (Å²) in [7, 11) is 0. The third kappa shape index (κ3) is 3.25. The molecule has 2 rings (SSSR count). The number of carbonyl (C=O) groups is 1. The fourth-order valence-electron chi connectivity index (χ4n) is 2.54. The van der Waals surface area contributed by atoms with Gasteiger partial charge in [-0.25, -0.2) is 0 Å². The number of hydrogen-bond donors (Lipinski definition) is 1. The Bertz CT molecular complexity index is 447. The van der Waals surface area contributed by atoms with Crippen LogP contribution in [-0.2, 0) is 11.2 Å². The van der Waals surface area contributed by atoms with E-state index in [2.05, 4.69) is 0 Å². The van der Waals surface area contributed by atoms with Gasteiger partial charge >= 0.3 is 0 Å². The number of benzene rings is 1. The van der Waals surface area contributed by atoms with Crippen LogP contribution in [0, 0.1) is 5.92 Å². The van der Waals surface area contributed by atoms with Gasteiger partial charge in [-0.3, -0.25) is 4.79 Å². The summed E-state index contributed by atoms with van der Waals surface area (Å²) in [5.74, 6) is 0.192. The van der Waals surface area contributed by atoms with Crippen molar-refractivity contribution in [2.45, 2.75) is 38.1 Å². The Hall–Kier alpha value is -0.570. The average Bonchev–Trinajstić information content (AvgIpc) is 2.33. The first kappa shape index (κ1) is 13.9. The summed E-state index contributed by atoms with van der Waals surface area (Å²) in [5.41, 5.74) is 6.86. The molecule has 1 aromatic carbocycles. The van der Waals surface area contributed by atoms with Crippen molar-refractivity contribution >= 4 is 29.0 Å². The van der Waals surface area contributed by atoms with E-state index < -0.39 is 0 Å². The number of halogens is 2. The smallest absolute Gasteiger partial charge is 0.141 e. The summed E-state index contributed by atoms with van der Waals surface area (Å²) >= 11 is 11.9. The lowest BCUT2D eigenvalue weighted by atomic mass is 9.81. The molecule has 0 spiro atoms. The zero-order valence-electron chi connectivity index (χ0n) is 10.2. The molecule has 0 aromatic heterocycles. The molecule has 0 saturated heterocycles. The summed E-state index contributed by atoms with van der Waals surface area (Å²) in [5, 5.41) is 1.14. The van der Waals surface area contributed by atoms with Crippen molar-refractivity contribution in [1.29, 1.82) is 0 Å². The van der Waals surface area contributed by atoms with Crippen LogP contribution >= 0.6 is 23.2 Å². The molecule has 1 aliphatic rings. The van der Waals surface area contributed by atoms with Crippen LogP contribution < -0.4 is 5.73 Å². The molecule has 2 N–H and O–H groups in total. The second kappa shape index (κ2) is 6.05. The number of carbonyl (C=O) groups excluding carboxylic acids is 1. The Balaban J connectivity index is 2.06. The molecule has 4 heteroatoms. The van der Waals surface area contributed by atoms with Crippen molar-refractivity contribution < 1.29 is 4.79 Å². The first-order valence-electron chi connectivity index (χ1n) is 6.30. The van der Waals surface area contributed by atoms with Crippen LogP contribution in [0.15, 0.2) is 18.2 Å².